The number of aryl methyl sites for hydroxylation is 1. The number of hydrogen-bond donors (Lipinski definition) is 1. The van der Waals surface area contributed by atoms with E-state index in [1.165, 1.54) is 17.2 Å². The topological polar surface area (TPSA) is 37.3 Å². The van der Waals surface area contributed by atoms with Crippen LogP contribution < -0.4 is 0 Å². The number of aliphatic carboxylic acids is 1. The molecule has 0 aliphatic rings. The molecule has 0 spiro atoms. The molecule has 0 aromatic heterocycles. The van der Waals surface area contributed by atoms with E-state index >= 15 is 0 Å². The van der Waals surface area contributed by atoms with Gasteiger partial charge in [-0.25, -0.2) is 4.79 Å². The minimum Gasteiger partial charge on any atom is -0.478 e. The van der Waals surface area contributed by atoms with Crippen molar-refractivity contribution in [3.05, 3.63) is 47.0 Å². The average molecular weight is 232 g/mol. The van der Waals surface area contributed by atoms with Gasteiger partial charge in [0.2, 0.25) is 0 Å². The van der Waals surface area contributed by atoms with E-state index in [0.717, 1.165) is 18.4 Å². The fourth-order valence-electron chi connectivity index (χ4n) is 1.69. The summed E-state index contributed by atoms with van der Waals surface area (Å²) in [7, 11) is 0. The van der Waals surface area contributed by atoms with Gasteiger partial charge >= 0.3 is 5.97 Å². The maximum atomic E-state index is 10.5. The highest BCUT2D eigenvalue weighted by molar-refractivity contribution is 5.80. The van der Waals surface area contributed by atoms with Gasteiger partial charge in [0.05, 0.1) is 0 Å². The quantitative estimate of drug-likeness (QED) is 0.784. The van der Waals surface area contributed by atoms with E-state index in [4.69, 9.17) is 5.11 Å². The Hall–Kier alpha value is -1.57. The van der Waals surface area contributed by atoms with Crippen LogP contribution in [-0.2, 0) is 11.2 Å². The van der Waals surface area contributed by atoms with Gasteiger partial charge in [-0.2, -0.15) is 0 Å². The summed E-state index contributed by atoms with van der Waals surface area (Å²) < 4.78 is 0. The van der Waals surface area contributed by atoms with Crippen LogP contribution in [0.2, 0.25) is 0 Å². The van der Waals surface area contributed by atoms with Crippen molar-refractivity contribution in [3.8, 4) is 0 Å². The van der Waals surface area contributed by atoms with Crippen LogP contribution in [0.4, 0.5) is 0 Å². The molecule has 17 heavy (non-hydrogen) atoms. The molecule has 0 atom stereocenters. The SMILES string of the molecule is CC(=CC(=O)O)CCc1ccc(C(C)C)cc1. The minimum atomic E-state index is -0.863. The van der Waals surface area contributed by atoms with E-state index in [2.05, 4.69) is 38.1 Å². The van der Waals surface area contributed by atoms with Gasteiger partial charge in [0.1, 0.15) is 0 Å². The second-order valence-electron chi connectivity index (χ2n) is 4.73. The second kappa shape index (κ2) is 6.24. The predicted molar refractivity (Wildman–Crippen MR) is 70.2 cm³/mol. The number of carboxylic acid groups (broad SMARTS) is 1. The molecule has 0 radical (unpaired) electrons. The monoisotopic (exact) mass is 232 g/mol. The molecule has 0 heterocycles. The van der Waals surface area contributed by atoms with Gasteiger partial charge in [0.25, 0.3) is 0 Å². The predicted octanol–water partition coefficient (Wildman–Crippen LogP) is 3.77. The first-order valence-corrected chi connectivity index (χ1v) is 5.98. The van der Waals surface area contributed by atoms with Crippen LogP contribution in [0.5, 0.6) is 0 Å². The Morgan fingerprint density at radius 2 is 1.88 bits per heavy atom. The number of allylic oxidation sites excluding steroid dienone is 1. The van der Waals surface area contributed by atoms with Gasteiger partial charge < -0.3 is 5.11 Å². The Balaban J connectivity index is 2.56. The van der Waals surface area contributed by atoms with Gasteiger partial charge in [0, 0.05) is 6.08 Å². The van der Waals surface area contributed by atoms with Crippen molar-refractivity contribution in [1.82, 2.24) is 0 Å². The smallest absolute Gasteiger partial charge is 0.328 e. The van der Waals surface area contributed by atoms with Crippen molar-refractivity contribution < 1.29 is 9.90 Å². The molecule has 2 nitrogen and oxygen atoms in total. The van der Waals surface area contributed by atoms with Gasteiger partial charge in [-0.3, -0.25) is 0 Å². The maximum absolute atomic E-state index is 10.5. The average Bonchev–Trinajstić information content (AvgIpc) is 2.26. The Morgan fingerprint density at radius 3 is 2.35 bits per heavy atom. The molecule has 1 aromatic carbocycles. The summed E-state index contributed by atoms with van der Waals surface area (Å²) >= 11 is 0. The molecule has 1 aromatic rings. The lowest BCUT2D eigenvalue weighted by atomic mass is 9.99. The van der Waals surface area contributed by atoms with Crippen LogP contribution in [0.1, 0.15) is 44.2 Å². The molecular weight excluding hydrogens is 212 g/mol. The van der Waals surface area contributed by atoms with Crippen molar-refractivity contribution in [1.29, 1.82) is 0 Å². The number of benzene rings is 1. The zero-order valence-electron chi connectivity index (χ0n) is 10.7. The van der Waals surface area contributed by atoms with Crippen LogP contribution in [0.25, 0.3) is 0 Å². The highest BCUT2D eigenvalue weighted by Gasteiger charge is 2.00. The lowest BCUT2D eigenvalue weighted by Gasteiger charge is -2.07. The van der Waals surface area contributed by atoms with Crippen LogP contribution in [0.15, 0.2) is 35.9 Å². The Morgan fingerprint density at radius 1 is 1.29 bits per heavy atom. The summed E-state index contributed by atoms with van der Waals surface area (Å²) in [6, 6.07) is 8.55. The number of carboxylic acids is 1. The highest BCUT2D eigenvalue weighted by Crippen LogP contribution is 2.16. The normalized spacial score (nSPS) is 11.9. The van der Waals surface area contributed by atoms with Gasteiger partial charge in [-0.05, 0) is 36.8 Å². The van der Waals surface area contributed by atoms with E-state index in [1.54, 1.807) is 0 Å². The summed E-state index contributed by atoms with van der Waals surface area (Å²) in [5.41, 5.74) is 3.50. The van der Waals surface area contributed by atoms with E-state index in [9.17, 15) is 4.79 Å². The summed E-state index contributed by atoms with van der Waals surface area (Å²) in [5.74, 6) is -0.310. The fraction of sp³-hybridized carbons (Fsp3) is 0.400. The highest BCUT2D eigenvalue weighted by atomic mass is 16.4. The van der Waals surface area contributed by atoms with Gasteiger partial charge in [0.15, 0.2) is 0 Å². The molecule has 0 bridgehead atoms. The Bertz CT molecular complexity index is 399. The van der Waals surface area contributed by atoms with Crippen LogP contribution in [0.3, 0.4) is 0 Å². The molecule has 0 saturated carbocycles. The van der Waals surface area contributed by atoms with Gasteiger partial charge in [-0.15, -0.1) is 0 Å². The largest absolute Gasteiger partial charge is 0.478 e. The van der Waals surface area contributed by atoms with Crippen molar-refractivity contribution in [2.45, 2.75) is 39.5 Å². The first kappa shape index (κ1) is 13.5. The van der Waals surface area contributed by atoms with E-state index < -0.39 is 5.97 Å². The molecular formula is C15H20O2. The second-order valence-corrected chi connectivity index (χ2v) is 4.73. The zero-order chi connectivity index (χ0) is 12.8. The molecule has 0 aliphatic heterocycles. The van der Waals surface area contributed by atoms with Crippen LogP contribution in [-0.4, -0.2) is 11.1 Å². The fourth-order valence-corrected chi connectivity index (χ4v) is 1.69. The van der Waals surface area contributed by atoms with E-state index in [-0.39, 0.29) is 0 Å². The number of hydrogen-bond acceptors (Lipinski definition) is 1. The lowest BCUT2D eigenvalue weighted by Crippen LogP contribution is -1.93. The van der Waals surface area contributed by atoms with E-state index in [1.807, 2.05) is 6.92 Å². The molecule has 0 amide bonds. The van der Waals surface area contributed by atoms with Gasteiger partial charge in [-0.1, -0.05) is 43.7 Å². The third-order valence-electron chi connectivity index (χ3n) is 2.82. The van der Waals surface area contributed by atoms with Crippen molar-refractivity contribution in [2.24, 2.45) is 0 Å². The summed E-state index contributed by atoms with van der Waals surface area (Å²) in [4.78, 5) is 10.5. The van der Waals surface area contributed by atoms with Crippen LogP contribution >= 0.6 is 0 Å². The molecule has 1 rings (SSSR count). The van der Waals surface area contributed by atoms with Crippen molar-refractivity contribution in [3.63, 3.8) is 0 Å². The minimum absolute atomic E-state index is 0.553. The third kappa shape index (κ3) is 4.85. The maximum Gasteiger partial charge on any atom is 0.328 e. The van der Waals surface area contributed by atoms with E-state index in [0.29, 0.717) is 5.92 Å². The summed E-state index contributed by atoms with van der Waals surface area (Å²) in [6.45, 7) is 6.21. The first-order valence-electron chi connectivity index (χ1n) is 5.98. The summed E-state index contributed by atoms with van der Waals surface area (Å²) in [5, 5.41) is 8.60. The standard InChI is InChI=1S/C15H20O2/c1-11(2)14-8-6-13(7-9-14)5-4-12(3)10-15(16)17/h6-11H,4-5H2,1-3H3,(H,16,17). The molecule has 0 aliphatic carbocycles. The summed E-state index contributed by atoms with van der Waals surface area (Å²) in [6.07, 6.45) is 2.98. The Labute approximate surface area is 103 Å². The lowest BCUT2D eigenvalue weighted by molar-refractivity contribution is -0.131. The molecule has 2 heteroatoms. The zero-order valence-corrected chi connectivity index (χ0v) is 10.7. The van der Waals surface area contributed by atoms with Crippen LogP contribution in [0, 0.1) is 0 Å². The Kier molecular flexibility index (Phi) is 4.95. The molecule has 0 saturated heterocycles. The third-order valence-corrected chi connectivity index (χ3v) is 2.82. The molecule has 0 fully saturated rings. The number of rotatable bonds is 5. The molecule has 0 unspecified atom stereocenters. The number of carbonyl (C=O) groups is 1. The first-order chi connectivity index (χ1) is 7.99. The molecule has 92 valence electrons. The molecule has 1 N–H and O–H groups in total. The van der Waals surface area contributed by atoms with Crippen molar-refractivity contribution in [2.75, 3.05) is 0 Å². The van der Waals surface area contributed by atoms with Crippen molar-refractivity contribution >= 4 is 5.97 Å².